The molecule has 1 aromatic carbocycles. The second kappa shape index (κ2) is 5.69. The van der Waals surface area contributed by atoms with Crippen molar-refractivity contribution < 1.29 is 4.42 Å². The molecule has 3 aromatic rings. The molecule has 0 unspecified atom stereocenters. The largest absolute Gasteiger partial charge is 0.440 e. The van der Waals surface area contributed by atoms with Crippen molar-refractivity contribution in [2.75, 3.05) is 18.0 Å². The zero-order valence-corrected chi connectivity index (χ0v) is 13.6. The summed E-state index contributed by atoms with van der Waals surface area (Å²) in [5.41, 5.74) is 5.61. The van der Waals surface area contributed by atoms with Gasteiger partial charge in [-0.25, -0.2) is 4.98 Å². The average Bonchev–Trinajstić information content (AvgIpc) is 3.01. The third-order valence-electron chi connectivity index (χ3n) is 4.80. The van der Waals surface area contributed by atoms with Gasteiger partial charge in [0, 0.05) is 37.1 Å². The first kappa shape index (κ1) is 14.2. The molecule has 23 heavy (non-hydrogen) atoms. The van der Waals surface area contributed by atoms with Gasteiger partial charge in [-0.1, -0.05) is 12.1 Å². The highest BCUT2D eigenvalue weighted by atomic mass is 16.3. The first-order valence-electron chi connectivity index (χ1n) is 8.24. The van der Waals surface area contributed by atoms with E-state index in [1.54, 1.807) is 0 Å². The maximum absolute atomic E-state index is 6.06. The van der Waals surface area contributed by atoms with Gasteiger partial charge in [-0.05, 0) is 49.9 Å². The molecule has 1 fully saturated rings. The van der Waals surface area contributed by atoms with Crippen molar-refractivity contribution in [2.24, 2.45) is 0 Å². The van der Waals surface area contributed by atoms with Crippen molar-refractivity contribution in [1.29, 1.82) is 0 Å². The second-order valence-corrected chi connectivity index (χ2v) is 6.40. The van der Waals surface area contributed by atoms with Gasteiger partial charge in [0.1, 0.15) is 5.52 Å². The molecule has 4 rings (SSSR count). The number of aromatic nitrogens is 2. The zero-order chi connectivity index (χ0) is 15.8. The molecule has 2 aromatic heterocycles. The monoisotopic (exact) mass is 307 g/mol. The molecule has 0 radical (unpaired) electrons. The number of pyridine rings is 1. The van der Waals surface area contributed by atoms with E-state index < -0.39 is 0 Å². The predicted molar refractivity (Wildman–Crippen MR) is 91.9 cm³/mol. The van der Waals surface area contributed by atoms with Gasteiger partial charge >= 0.3 is 0 Å². The fourth-order valence-electron chi connectivity index (χ4n) is 3.47. The quantitative estimate of drug-likeness (QED) is 0.711. The lowest BCUT2D eigenvalue weighted by atomic mass is 9.96. The van der Waals surface area contributed by atoms with Crippen LogP contribution in [0.1, 0.15) is 35.8 Å². The molecule has 0 bridgehead atoms. The van der Waals surface area contributed by atoms with Crippen LogP contribution in [-0.4, -0.2) is 23.1 Å². The average molecular weight is 307 g/mol. The van der Waals surface area contributed by atoms with Gasteiger partial charge in [-0.3, -0.25) is 4.98 Å². The summed E-state index contributed by atoms with van der Waals surface area (Å²) >= 11 is 0. The van der Waals surface area contributed by atoms with Crippen molar-refractivity contribution in [3.05, 3.63) is 53.7 Å². The molecule has 4 heteroatoms. The molecular weight excluding hydrogens is 286 g/mol. The van der Waals surface area contributed by atoms with E-state index in [4.69, 9.17) is 9.40 Å². The molecule has 4 nitrogen and oxygen atoms in total. The van der Waals surface area contributed by atoms with Gasteiger partial charge in [0.05, 0.1) is 0 Å². The summed E-state index contributed by atoms with van der Waals surface area (Å²) in [5, 5.41) is 0. The Balaban J connectivity index is 1.53. The van der Waals surface area contributed by atoms with E-state index in [0.29, 0.717) is 5.92 Å². The molecule has 0 aliphatic carbocycles. The lowest BCUT2D eigenvalue weighted by Gasteiger charge is -2.33. The summed E-state index contributed by atoms with van der Waals surface area (Å²) in [5.74, 6) is 1.32. The molecule has 0 atom stereocenters. The molecule has 0 spiro atoms. The molecular formula is C19H21N3O. The van der Waals surface area contributed by atoms with Crippen LogP contribution in [0.5, 0.6) is 0 Å². The Morgan fingerprint density at radius 1 is 1.09 bits per heavy atom. The first-order valence-corrected chi connectivity index (χ1v) is 8.24. The second-order valence-electron chi connectivity index (χ2n) is 6.40. The summed E-state index contributed by atoms with van der Waals surface area (Å²) in [6.07, 6.45) is 5.96. The maximum atomic E-state index is 6.06. The number of piperidine rings is 1. The number of benzene rings is 1. The Kier molecular flexibility index (Phi) is 3.52. The number of hydrogen-bond acceptors (Lipinski definition) is 4. The van der Waals surface area contributed by atoms with E-state index >= 15 is 0 Å². The van der Waals surface area contributed by atoms with Crippen LogP contribution in [-0.2, 0) is 0 Å². The first-order chi connectivity index (χ1) is 11.2. The van der Waals surface area contributed by atoms with Gasteiger partial charge in [0.2, 0.25) is 0 Å². The van der Waals surface area contributed by atoms with Crippen molar-refractivity contribution in [2.45, 2.75) is 32.6 Å². The lowest BCUT2D eigenvalue weighted by molar-refractivity contribution is 0.407. The number of para-hydroxylation sites is 1. The van der Waals surface area contributed by atoms with Gasteiger partial charge < -0.3 is 9.32 Å². The molecule has 3 heterocycles. The van der Waals surface area contributed by atoms with Crippen molar-refractivity contribution in [3.8, 4) is 0 Å². The van der Waals surface area contributed by atoms with E-state index in [1.165, 1.54) is 11.3 Å². The molecule has 0 amide bonds. The number of aryl methyl sites for hydroxylation is 2. The Bertz CT molecular complexity index is 832. The van der Waals surface area contributed by atoms with Crippen LogP contribution in [0.3, 0.4) is 0 Å². The van der Waals surface area contributed by atoms with Gasteiger partial charge in [-0.2, -0.15) is 0 Å². The van der Waals surface area contributed by atoms with Crippen LogP contribution in [0.15, 0.2) is 41.1 Å². The van der Waals surface area contributed by atoms with Gasteiger partial charge in [-0.15, -0.1) is 0 Å². The number of anilines is 1. The Morgan fingerprint density at radius 3 is 2.65 bits per heavy atom. The molecule has 1 saturated heterocycles. The molecule has 0 saturated carbocycles. The van der Waals surface area contributed by atoms with Crippen LogP contribution < -0.4 is 4.90 Å². The molecule has 118 valence electrons. The lowest BCUT2D eigenvalue weighted by Crippen LogP contribution is -2.33. The fourth-order valence-corrected chi connectivity index (χ4v) is 3.47. The highest BCUT2D eigenvalue weighted by molar-refractivity contribution is 5.76. The Morgan fingerprint density at radius 2 is 1.91 bits per heavy atom. The van der Waals surface area contributed by atoms with E-state index in [1.807, 2.05) is 24.5 Å². The molecule has 1 aliphatic heterocycles. The van der Waals surface area contributed by atoms with E-state index in [9.17, 15) is 0 Å². The minimum Gasteiger partial charge on any atom is -0.440 e. The van der Waals surface area contributed by atoms with E-state index in [-0.39, 0.29) is 0 Å². The van der Waals surface area contributed by atoms with Gasteiger partial charge in [0.25, 0.3) is 0 Å². The molecule has 1 aliphatic rings. The number of oxazole rings is 1. The van der Waals surface area contributed by atoms with E-state index in [2.05, 4.69) is 35.9 Å². The minimum absolute atomic E-state index is 0.417. The van der Waals surface area contributed by atoms with Crippen molar-refractivity contribution >= 4 is 16.8 Å². The highest BCUT2D eigenvalue weighted by Crippen LogP contribution is 2.33. The van der Waals surface area contributed by atoms with Crippen LogP contribution in [0.2, 0.25) is 0 Å². The zero-order valence-electron chi connectivity index (χ0n) is 13.6. The highest BCUT2D eigenvalue weighted by Gasteiger charge is 2.25. The smallest absolute Gasteiger partial charge is 0.198 e. The van der Waals surface area contributed by atoms with Crippen LogP contribution in [0.4, 0.5) is 5.69 Å². The normalized spacial score (nSPS) is 16.2. The topological polar surface area (TPSA) is 42.2 Å². The fraction of sp³-hybridized carbons (Fsp3) is 0.368. The summed E-state index contributed by atoms with van der Waals surface area (Å²) in [4.78, 5) is 11.3. The number of hydrogen-bond donors (Lipinski definition) is 0. The van der Waals surface area contributed by atoms with E-state index in [0.717, 1.165) is 48.5 Å². The molecule has 0 N–H and O–H groups in total. The van der Waals surface area contributed by atoms with Crippen LogP contribution in [0.25, 0.3) is 11.1 Å². The Hall–Kier alpha value is -2.36. The van der Waals surface area contributed by atoms with Crippen molar-refractivity contribution in [3.63, 3.8) is 0 Å². The summed E-state index contributed by atoms with van der Waals surface area (Å²) in [7, 11) is 0. The standard InChI is InChI=1S/C19H21N3O/c1-13-4-3-5-16-18(13)23-19(21-16)15-7-10-22(11-8-15)17-6-9-20-12-14(17)2/h3-6,9,12,15H,7-8,10-11H2,1-2H3. The number of nitrogens with zero attached hydrogens (tertiary/aromatic N) is 3. The van der Waals surface area contributed by atoms with Gasteiger partial charge in [0.15, 0.2) is 11.5 Å². The summed E-state index contributed by atoms with van der Waals surface area (Å²) < 4.78 is 6.06. The summed E-state index contributed by atoms with van der Waals surface area (Å²) in [6.45, 7) is 6.27. The SMILES string of the molecule is Cc1cnccc1N1CCC(c2nc3cccc(C)c3o2)CC1. The Labute approximate surface area is 136 Å². The minimum atomic E-state index is 0.417. The van der Waals surface area contributed by atoms with Crippen molar-refractivity contribution in [1.82, 2.24) is 9.97 Å². The summed E-state index contributed by atoms with van der Waals surface area (Å²) in [6, 6.07) is 8.26. The van der Waals surface area contributed by atoms with Crippen LogP contribution in [0, 0.1) is 13.8 Å². The number of rotatable bonds is 2. The third-order valence-corrected chi connectivity index (χ3v) is 4.80. The predicted octanol–water partition coefficient (Wildman–Crippen LogP) is 4.22. The van der Waals surface area contributed by atoms with Crippen LogP contribution >= 0.6 is 0 Å². The third kappa shape index (κ3) is 2.58. The number of fused-ring (bicyclic) bond motifs is 1. The maximum Gasteiger partial charge on any atom is 0.198 e.